The maximum atomic E-state index is 6.07. The molecule has 0 amide bonds. The van der Waals surface area contributed by atoms with Crippen molar-refractivity contribution in [3.8, 4) is 0 Å². The van der Waals surface area contributed by atoms with E-state index in [0.29, 0.717) is 6.04 Å². The minimum atomic E-state index is 0.561. The van der Waals surface area contributed by atoms with Crippen LogP contribution in [-0.4, -0.2) is 30.6 Å². The van der Waals surface area contributed by atoms with Crippen LogP contribution in [0.5, 0.6) is 0 Å². The average molecular weight is 288 g/mol. The monoisotopic (exact) mass is 288 g/mol. The number of nitrogens with zero attached hydrogens (tertiary/aromatic N) is 1. The number of nitrogens with two attached hydrogens (primary N) is 1. The van der Waals surface area contributed by atoms with Gasteiger partial charge >= 0.3 is 0 Å². The van der Waals surface area contributed by atoms with Crippen molar-refractivity contribution in [1.82, 2.24) is 4.90 Å². The maximum Gasteiger partial charge on any atom is 0.0221 e. The Balaban J connectivity index is 1.82. The Labute approximate surface area is 130 Å². The normalized spacial score (nSPS) is 21.9. The van der Waals surface area contributed by atoms with Crippen LogP contribution >= 0.6 is 0 Å². The molecule has 2 atom stereocenters. The van der Waals surface area contributed by atoms with Crippen molar-refractivity contribution in [2.75, 3.05) is 19.6 Å². The van der Waals surface area contributed by atoms with Crippen molar-refractivity contribution in [2.24, 2.45) is 11.7 Å². The van der Waals surface area contributed by atoms with Crippen LogP contribution in [0.4, 0.5) is 0 Å². The van der Waals surface area contributed by atoms with E-state index in [1.807, 2.05) is 0 Å². The van der Waals surface area contributed by atoms with E-state index >= 15 is 0 Å². The van der Waals surface area contributed by atoms with Gasteiger partial charge in [-0.2, -0.15) is 0 Å². The second kappa shape index (κ2) is 9.22. The molecule has 0 aliphatic carbocycles. The van der Waals surface area contributed by atoms with Gasteiger partial charge in [0.25, 0.3) is 0 Å². The predicted octanol–water partition coefficient (Wildman–Crippen LogP) is 3.85. The van der Waals surface area contributed by atoms with Gasteiger partial charge in [0.15, 0.2) is 0 Å². The van der Waals surface area contributed by atoms with Crippen LogP contribution in [0.3, 0.4) is 0 Å². The van der Waals surface area contributed by atoms with Gasteiger partial charge in [-0.15, -0.1) is 0 Å². The number of benzene rings is 1. The van der Waals surface area contributed by atoms with Gasteiger partial charge in [0.05, 0.1) is 0 Å². The van der Waals surface area contributed by atoms with E-state index in [0.717, 1.165) is 18.9 Å². The van der Waals surface area contributed by atoms with E-state index in [-0.39, 0.29) is 0 Å². The Morgan fingerprint density at radius 1 is 1.19 bits per heavy atom. The van der Waals surface area contributed by atoms with Gasteiger partial charge in [-0.05, 0) is 56.7 Å². The summed E-state index contributed by atoms with van der Waals surface area (Å²) in [6.45, 7) is 5.61. The van der Waals surface area contributed by atoms with Gasteiger partial charge in [-0.3, -0.25) is 4.90 Å². The third kappa shape index (κ3) is 5.44. The van der Waals surface area contributed by atoms with E-state index in [9.17, 15) is 0 Å². The molecule has 0 bridgehead atoms. The van der Waals surface area contributed by atoms with Crippen molar-refractivity contribution in [1.29, 1.82) is 0 Å². The highest BCUT2D eigenvalue weighted by Gasteiger charge is 2.21. The first-order valence-corrected chi connectivity index (χ1v) is 8.81. The summed E-state index contributed by atoms with van der Waals surface area (Å²) in [5.41, 5.74) is 7.51. The Kier molecular flexibility index (Phi) is 7.25. The lowest BCUT2D eigenvalue weighted by Gasteiger charge is -2.30. The molecule has 1 saturated heterocycles. The van der Waals surface area contributed by atoms with Crippen molar-refractivity contribution in [3.63, 3.8) is 0 Å². The molecule has 118 valence electrons. The Morgan fingerprint density at radius 2 is 2.00 bits per heavy atom. The maximum absolute atomic E-state index is 6.07. The third-order valence-electron chi connectivity index (χ3n) is 4.98. The SMILES string of the molecule is CCCC1CCCN(C(CN)CCc2ccccc2)CC1. The second-order valence-electron chi connectivity index (χ2n) is 6.54. The summed E-state index contributed by atoms with van der Waals surface area (Å²) in [5.74, 6) is 0.951. The average Bonchev–Trinajstić information content (AvgIpc) is 2.75. The molecule has 21 heavy (non-hydrogen) atoms. The highest BCUT2D eigenvalue weighted by atomic mass is 15.2. The molecule has 1 aromatic carbocycles. The fourth-order valence-electron chi connectivity index (χ4n) is 3.68. The number of rotatable bonds is 7. The van der Waals surface area contributed by atoms with E-state index in [2.05, 4.69) is 42.2 Å². The van der Waals surface area contributed by atoms with Crippen LogP contribution in [0.25, 0.3) is 0 Å². The molecule has 2 unspecified atom stereocenters. The second-order valence-corrected chi connectivity index (χ2v) is 6.54. The molecule has 2 N–H and O–H groups in total. The van der Waals surface area contributed by atoms with Gasteiger partial charge in [0.1, 0.15) is 0 Å². The number of aryl methyl sites for hydroxylation is 1. The molecule has 1 aliphatic heterocycles. The first kappa shape index (κ1) is 16.5. The van der Waals surface area contributed by atoms with E-state index in [1.165, 1.54) is 57.2 Å². The quantitative estimate of drug-likeness (QED) is 0.826. The predicted molar refractivity (Wildman–Crippen MR) is 91.4 cm³/mol. The highest BCUT2D eigenvalue weighted by Crippen LogP contribution is 2.23. The van der Waals surface area contributed by atoms with Crippen molar-refractivity contribution in [2.45, 2.75) is 57.9 Å². The highest BCUT2D eigenvalue weighted by molar-refractivity contribution is 5.14. The molecule has 1 fully saturated rings. The fraction of sp³-hybridized carbons (Fsp3) is 0.684. The van der Waals surface area contributed by atoms with Gasteiger partial charge in [-0.25, -0.2) is 0 Å². The van der Waals surface area contributed by atoms with Gasteiger partial charge < -0.3 is 5.73 Å². The molecule has 1 aromatic rings. The van der Waals surface area contributed by atoms with Gasteiger partial charge in [-0.1, -0.05) is 50.1 Å². The van der Waals surface area contributed by atoms with E-state index < -0.39 is 0 Å². The smallest absolute Gasteiger partial charge is 0.0221 e. The van der Waals surface area contributed by atoms with Crippen LogP contribution in [0.2, 0.25) is 0 Å². The van der Waals surface area contributed by atoms with Crippen LogP contribution in [-0.2, 0) is 6.42 Å². The lowest BCUT2D eigenvalue weighted by Crippen LogP contribution is -2.41. The minimum Gasteiger partial charge on any atom is -0.329 e. The molecule has 2 nitrogen and oxygen atoms in total. The Hall–Kier alpha value is -0.860. The summed E-state index contributed by atoms with van der Waals surface area (Å²) in [7, 11) is 0. The molecule has 2 rings (SSSR count). The molecule has 1 aliphatic rings. The van der Waals surface area contributed by atoms with Gasteiger partial charge in [0.2, 0.25) is 0 Å². The zero-order valence-electron chi connectivity index (χ0n) is 13.6. The number of likely N-dealkylation sites (tertiary alicyclic amines) is 1. The fourth-order valence-corrected chi connectivity index (χ4v) is 3.68. The molecular formula is C19H32N2. The molecule has 0 aromatic heterocycles. The van der Waals surface area contributed by atoms with E-state index in [1.54, 1.807) is 0 Å². The topological polar surface area (TPSA) is 29.3 Å². The van der Waals surface area contributed by atoms with E-state index in [4.69, 9.17) is 5.73 Å². The summed E-state index contributed by atoms with van der Waals surface area (Å²) < 4.78 is 0. The molecule has 0 saturated carbocycles. The lowest BCUT2D eigenvalue weighted by molar-refractivity contribution is 0.195. The summed E-state index contributed by atoms with van der Waals surface area (Å²) in [4.78, 5) is 2.67. The number of hydrogen-bond acceptors (Lipinski definition) is 2. The van der Waals surface area contributed by atoms with Crippen LogP contribution in [0.1, 0.15) is 51.0 Å². The van der Waals surface area contributed by atoms with Crippen molar-refractivity contribution >= 4 is 0 Å². The molecule has 0 radical (unpaired) electrons. The first-order chi connectivity index (χ1) is 10.3. The van der Waals surface area contributed by atoms with Crippen LogP contribution in [0, 0.1) is 5.92 Å². The zero-order valence-corrected chi connectivity index (χ0v) is 13.6. The van der Waals surface area contributed by atoms with Gasteiger partial charge in [0, 0.05) is 12.6 Å². The van der Waals surface area contributed by atoms with Crippen LogP contribution in [0.15, 0.2) is 30.3 Å². The Morgan fingerprint density at radius 3 is 2.71 bits per heavy atom. The molecule has 1 heterocycles. The summed E-state index contributed by atoms with van der Waals surface area (Å²) in [6.07, 6.45) is 9.23. The summed E-state index contributed by atoms with van der Waals surface area (Å²) in [6, 6.07) is 11.4. The Bertz CT molecular complexity index is 376. The first-order valence-electron chi connectivity index (χ1n) is 8.81. The third-order valence-corrected chi connectivity index (χ3v) is 4.98. The van der Waals surface area contributed by atoms with Crippen LogP contribution < -0.4 is 5.73 Å². The van der Waals surface area contributed by atoms with Crippen molar-refractivity contribution in [3.05, 3.63) is 35.9 Å². The number of hydrogen-bond donors (Lipinski definition) is 1. The molecule has 2 heteroatoms. The largest absolute Gasteiger partial charge is 0.329 e. The lowest BCUT2D eigenvalue weighted by atomic mass is 9.96. The van der Waals surface area contributed by atoms with Crippen molar-refractivity contribution < 1.29 is 0 Å². The molecular weight excluding hydrogens is 256 g/mol. The minimum absolute atomic E-state index is 0.561. The molecule has 0 spiro atoms. The summed E-state index contributed by atoms with van der Waals surface area (Å²) >= 11 is 0. The standard InChI is InChI=1S/C19H32N2/c1-2-7-17-10-6-14-21(15-13-17)19(16-20)12-11-18-8-4-3-5-9-18/h3-5,8-9,17,19H,2,6-7,10-16,20H2,1H3. The zero-order chi connectivity index (χ0) is 14.9. The summed E-state index contributed by atoms with van der Waals surface area (Å²) in [5, 5.41) is 0.